The fourth-order valence-electron chi connectivity index (χ4n) is 5.63. The number of likely N-dealkylation sites (tertiary alicyclic amines) is 1. The molecule has 0 bridgehead atoms. The number of carbonyl (C=O) groups is 1. The minimum Gasteiger partial charge on any atom is -0.477 e. The van der Waals surface area contributed by atoms with Gasteiger partial charge in [-0.25, -0.2) is 29.0 Å². The first-order valence-electron chi connectivity index (χ1n) is 14.1. The molecule has 216 valence electrons. The molecule has 2 fully saturated rings. The van der Waals surface area contributed by atoms with Gasteiger partial charge < -0.3 is 19.1 Å². The molecule has 2 saturated heterocycles. The lowest BCUT2D eigenvalue weighted by Crippen LogP contribution is -2.37. The second kappa shape index (κ2) is 11.8. The highest BCUT2D eigenvalue weighted by Crippen LogP contribution is 2.33. The summed E-state index contributed by atoms with van der Waals surface area (Å²) in [7, 11) is 0. The van der Waals surface area contributed by atoms with Gasteiger partial charge in [-0.15, -0.1) is 0 Å². The van der Waals surface area contributed by atoms with Crippen LogP contribution in [0.4, 0.5) is 10.1 Å². The largest absolute Gasteiger partial charge is 0.477 e. The van der Waals surface area contributed by atoms with Gasteiger partial charge in [-0.05, 0) is 63.5 Å². The number of aromatic carboxylic acids is 1. The van der Waals surface area contributed by atoms with Crippen molar-refractivity contribution >= 4 is 22.8 Å². The van der Waals surface area contributed by atoms with Crippen molar-refractivity contribution in [2.45, 2.75) is 57.4 Å². The van der Waals surface area contributed by atoms with E-state index in [-0.39, 0.29) is 36.1 Å². The third-order valence-corrected chi connectivity index (χ3v) is 8.18. The van der Waals surface area contributed by atoms with E-state index in [1.807, 2.05) is 16.7 Å². The summed E-state index contributed by atoms with van der Waals surface area (Å²) >= 11 is 0. The van der Waals surface area contributed by atoms with E-state index in [1.165, 1.54) is 12.1 Å². The Morgan fingerprint density at radius 2 is 1.98 bits per heavy atom. The predicted octanol–water partition coefficient (Wildman–Crippen LogP) is 5.52. The van der Waals surface area contributed by atoms with Crippen LogP contribution in [0.3, 0.4) is 0 Å². The maximum absolute atomic E-state index is 14.3. The Balaban J connectivity index is 1.13. The number of hydrogen-bond donors (Lipinski definition) is 1. The van der Waals surface area contributed by atoms with Gasteiger partial charge in [0.25, 0.3) is 0 Å². The Kier molecular flexibility index (Phi) is 7.82. The number of aromatic nitrogens is 4. The smallest absolute Gasteiger partial charge is 0.354 e. The Labute approximate surface area is 242 Å². The third kappa shape index (κ3) is 5.68. The van der Waals surface area contributed by atoms with E-state index >= 15 is 0 Å². The number of benzene rings is 1. The standard InChI is InChI=1S/C31H31FN6O4/c1-19(29-35-26-8-9-27(31(39)40)36-30(26)38(29)17-23-12-15-41-23)37-13-10-20(11-14-37)25-4-3-5-28(34-25)42-18-21-6-7-22(33-2)16-24(21)32/h3-9,16,19-20,23H,10-15,17-18H2,1H3,(H,39,40)/t19-,23-/m0/s1. The Bertz CT molecular complexity index is 1660. The van der Waals surface area contributed by atoms with Crippen LogP contribution in [0.25, 0.3) is 16.0 Å². The number of pyridine rings is 2. The number of fused-ring (bicyclic) bond motifs is 1. The van der Waals surface area contributed by atoms with Crippen molar-refractivity contribution in [3.05, 3.63) is 88.5 Å². The van der Waals surface area contributed by atoms with Crippen LogP contribution < -0.4 is 4.74 Å². The molecule has 2 atom stereocenters. The van der Waals surface area contributed by atoms with Gasteiger partial charge in [0.2, 0.25) is 5.88 Å². The van der Waals surface area contributed by atoms with Crippen LogP contribution in [0.2, 0.25) is 0 Å². The molecule has 11 heteroatoms. The number of ether oxygens (including phenoxy) is 2. The number of hydrogen-bond acceptors (Lipinski definition) is 7. The lowest BCUT2D eigenvalue weighted by atomic mass is 9.92. The van der Waals surface area contributed by atoms with Crippen molar-refractivity contribution in [3.63, 3.8) is 0 Å². The molecular formula is C31H31FN6O4. The highest BCUT2D eigenvalue weighted by atomic mass is 19.1. The molecule has 6 rings (SSSR count). The lowest BCUT2D eigenvalue weighted by molar-refractivity contribution is -0.0595. The first kappa shape index (κ1) is 27.8. The Morgan fingerprint density at radius 3 is 2.67 bits per heavy atom. The maximum Gasteiger partial charge on any atom is 0.354 e. The average molecular weight is 571 g/mol. The summed E-state index contributed by atoms with van der Waals surface area (Å²) in [5.41, 5.74) is 2.83. The minimum atomic E-state index is -1.06. The number of piperidine rings is 1. The van der Waals surface area contributed by atoms with Gasteiger partial charge >= 0.3 is 5.97 Å². The summed E-state index contributed by atoms with van der Waals surface area (Å²) in [5.74, 6) is 0.0321. The second-order valence-corrected chi connectivity index (χ2v) is 10.8. The van der Waals surface area contributed by atoms with Crippen LogP contribution in [-0.2, 0) is 17.9 Å². The number of imidazole rings is 1. The lowest BCUT2D eigenvalue weighted by Gasteiger charge is -2.36. The van der Waals surface area contributed by atoms with Gasteiger partial charge in [0.15, 0.2) is 17.0 Å². The molecule has 0 saturated carbocycles. The van der Waals surface area contributed by atoms with Crippen molar-refractivity contribution in [3.8, 4) is 5.88 Å². The van der Waals surface area contributed by atoms with Crippen molar-refractivity contribution in [1.29, 1.82) is 0 Å². The number of halogens is 1. The van der Waals surface area contributed by atoms with E-state index in [4.69, 9.17) is 26.0 Å². The van der Waals surface area contributed by atoms with E-state index in [0.29, 0.717) is 29.2 Å². The zero-order valence-electron chi connectivity index (χ0n) is 23.2. The van der Waals surface area contributed by atoms with Crippen LogP contribution in [0.5, 0.6) is 5.88 Å². The topological polar surface area (TPSA) is 107 Å². The summed E-state index contributed by atoms with van der Waals surface area (Å²) in [5, 5.41) is 9.48. The minimum absolute atomic E-state index is 0.0000390. The van der Waals surface area contributed by atoms with Crippen LogP contribution in [0, 0.1) is 12.4 Å². The molecule has 5 heterocycles. The van der Waals surface area contributed by atoms with Gasteiger partial charge in [0.1, 0.15) is 23.8 Å². The molecule has 3 aromatic heterocycles. The predicted molar refractivity (Wildman–Crippen MR) is 152 cm³/mol. The summed E-state index contributed by atoms with van der Waals surface area (Å²) in [6.07, 6.45) is 2.84. The van der Waals surface area contributed by atoms with Crippen molar-refractivity contribution < 1.29 is 23.8 Å². The van der Waals surface area contributed by atoms with E-state index in [9.17, 15) is 14.3 Å². The first-order valence-corrected chi connectivity index (χ1v) is 14.1. The summed E-state index contributed by atoms with van der Waals surface area (Å²) in [6, 6.07) is 13.3. The summed E-state index contributed by atoms with van der Waals surface area (Å²) in [4.78, 5) is 31.2. The Hall–Kier alpha value is -4.40. The molecule has 2 aliphatic rings. The molecule has 0 amide bonds. The van der Waals surface area contributed by atoms with E-state index in [2.05, 4.69) is 21.7 Å². The molecule has 4 aromatic rings. The van der Waals surface area contributed by atoms with Gasteiger partial charge in [0.05, 0.1) is 25.3 Å². The SMILES string of the molecule is [C-]#[N+]c1ccc(COc2cccc(C3CCN([C@@H](C)c4nc5ccc(C(=O)O)nc5n4C[C@@H]4CCO4)CC3)n2)c(F)c1. The van der Waals surface area contributed by atoms with Crippen molar-refractivity contribution in [2.75, 3.05) is 19.7 Å². The molecule has 2 aliphatic heterocycles. The fraction of sp³-hybridized carbons (Fsp3) is 0.387. The quantitative estimate of drug-likeness (QED) is 0.262. The molecule has 0 unspecified atom stereocenters. The summed E-state index contributed by atoms with van der Waals surface area (Å²) < 4.78 is 27.8. The van der Waals surface area contributed by atoms with Crippen molar-refractivity contribution in [2.24, 2.45) is 0 Å². The third-order valence-electron chi connectivity index (χ3n) is 8.18. The fourth-order valence-corrected chi connectivity index (χ4v) is 5.63. The number of carboxylic acids is 1. The second-order valence-electron chi connectivity index (χ2n) is 10.8. The number of nitrogens with zero attached hydrogens (tertiary/aromatic N) is 6. The normalized spacial score (nSPS) is 18.4. The molecule has 0 aliphatic carbocycles. The average Bonchev–Trinajstić information content (AvgIpc) is 3.35. The zero-order chi connectivity index (χ0) is 29.2. The first-order chi connectivity index (χ1) is 20.4. The van der Waals surface area contributed by atoms with E-state index in [0.717, 1.165) is 50.5 Å². The van der Waals surface area contributed by atoms with Gasteiger partial charge in [-0.1, -0.05) is 18.2 Å². The highest BCUT2D eigenvalue weighted by Gasteiger charge is 2.30. The van der Waals surface area contributed by atoms with Gasteiger partial charge in [-0.2, -0.15) is 0 Å². The molecule has 1 N–H and O–H groups in total. The molecule has 10 nitrogen and oxygen atoms in total. The zero-order valence-corrected chi connectivity index (χ0v) is 23.2. The highest BCUT2D eigenvalue weighted by molar-refractivity contribution is 5.88. The number of carboxylic acid groups (broad SMARTS) is 1. The molecule has 42 heavy (non-hydrogen) atoms. The molecule has 1 aromatic carbocycles. The van der Waals surface area contributed by atoms with Crippen LogP contribution in [0.1, 0.15) is 65.7 Å². The molecular weight excluding hydrogens is 539 g/mol. The van der Waals surface area contributed by atoms with Gasteiger partial charge in [0, 0.05) is 29.8 Å². The van der Waals surface area contributed by atoms with Crippen molar-refractivity contribution in [1.82, 2.24) is 24.4 Å². The van der Waals surface area contributed by atoms with Crippen LogP contribution >= 0.6 is 0 Å². The van der Waals surface area contributed by atoms with Crippen LogP contribution in [-0.4, -0.2) is 61.3 Å². The van der Waals surface area contributed by atoms with Gasteiger partial charge in [-0.3, -0.25) is 4.90 Å². The number of rotatable bonds is 9. The molecule has 0 radical (unpaired) electrons. The summed E-state index contributed by atoms with van der Waals surface area (Å²) in [6.45, 7) is 12.2. The van der Waals surface area contributed by atoms with Crippen LogP contribution in [0.15, 0.2) is 48.5 Å². The Morgan fingerprint density at radius 1 is 1.17 bits per heavy atom. The maximum atomic E-state index is 14.3. The van der Waals surface area contributed by atoms with E-state index < -0.39 is 11.8 Å². The molecule has 0 spiro atoms. The van der Waals surface area contributed by atoms with E-state index in [1.54, 1.807) is 24.3 Å². The monoisotopic (exact) mass is 570 g/mol.